The van der Waals surface area contributed by atoms with E-state index in [2.05, 4.69) is 36.1 Å². The highest BCUT2D eigenvalue weighted by Gasteiger charge is 2.18. The molecule has 1 fully saturated rings. The molecule has 1 aliphatic rings. The largest absolute Gasteiger partial charge is 0.370 e. The highest BCUT2D eigenvalue weighted by Crippen LogP contribution is 2.13. The predicted octanol–water partition coefficient (Wildman–Crippen LogP) is 0.889. The molecule has 0 aromatic carbocycles. The van der Waals surface area contributed by atoms with Crippen molar-refractivity contribution in [2.24, 2.45) is 22.6 Å². The molecule has 16 heavy (non-hydrogen) atoms. The van der Waals surface area contributed by atoms with Crippen LogP contribution < -0.4 is 11.1 Å². The molecule has 4 nitrogen and oxygen atoms in total. The normalized spacial score (nSPS) is 23.0. The van der Waals surface area contributed by atoms with Crippen LogP contribution in [0.15, 0.2) is 4.99 Å². The zero-order valence-corrected chi connectivity index (χ0v) is 10.9. The summed E-state index contributed by atoms with van der Waals surface area (Å²) in [6, 6.07) is 0. The number of nitrogens with two attached hydrogens (primary N) is 1. The molecule has 0 saturated carbocycles. The highest BCUT2D eigenvalue weighted by molar-refractivity contribution is 5.77. The monoisotopic (exact) mass is 226 g/mol. The number of nitrogens with one attached hydrogen (secondary N) is 1. The van der Waals surface area contributed by atoms with E-state index in [1.807, 2.05) is 0 Å². The standard InChI is InChI=1S/C12H26N4/c1-10(2)4-6-14-12(13)15-8-11-5-7-16(3)9-11/h10-11H,4-9H2,1-3H3,(H3,13,14,15). The quantitative estimate of drug-likeness (QED) is 0.541. The van der Waals surface area contributed by atoms with Gasteiger partial charge in [0.05, 0.1) is 0 Å². The molecule has 0 amide bonds. The highest BCUT2D eigenvalue weighted by atomic mass is 15.1. The first-order valence-electron chi connectivity index (χ1n) is 6.30. The maximum absolute atomic E-state index is 5.80. The first-order chi connectivity index (χ1) is 7.58. The minimum absolute atomic E-state index is 0.607. The maximum Gasteiger partial charge on any atom is 0.188 e. The van der Waals surface area contributed by atoms with E-state index in [1.54, 1.807) is 0 Å². The lowest BCUT2D eigenvalue weighted by Gasteiger charge is -2.10. The van der Waals surface area contributed by atoms with Crippen LogP contribution in [-0.2, 0) is 0 Å². The minimum Gasteiger partial charge on any atom is -0.370 e. The molecule has 0 spiro atoms. The SMILES string of the molecule is CC(C)CCNC(N)=NCC1CCN(C)C1. The molecule has 3 N–H and O–H groups in total. The van der Waals surface area contributed by atoms with Crippen LogP contribution in [0.25, 0.3) is 0 Å². The van der Waals surface area contributed by atoms with E-state index in [1.165, 1.54) is 13.0 Å². The lowest BCUT2D eigenvalue weighted by molar-refractivity contribution is 0.397. The molecule has 1 heterocycles. The van der Waals surface area contributed by atoms with Crippen molar-refractivity contribution in [1.82, 2.24) is 10.2 Å². The zero-order chi connectivity index (χ0) is 12.0. The van der Waals surface area contributed by atoms with E-state index in [9.17, 15) is 0 Å². The fraction of sp³-hybridized carbons (Fsp3) is 0.917. The average Bonchev–Trinajstić information content (AvgIpc) is 2.61. The van der Waals surface area contributed by atoms with Gasteiger partial charge in [-0.15, -0.1) is 0 Å². The molecule has 1 saturated heterocycles. The number of aliphatic imine (C=N–C) groups is 1. The van der Waals surface area contributed by atoms with Crippen molar-refractivity contribution in [1.29, 1.82) is 0 Å². The van der Waals surface area contributed by atoms with Gasteiger partial charge in [0.15, 0.2) is 5.96 Å². The molecule has 0 bridgehead atoms. The van der Waals surface area contributed by atoms with E-state index in [-0.39, 0.29) is 0 Å². The Morgan fingerprint density at radius 2 is 2.31 bits per heavy atom. The summed E-state index contributed by atoms with van der Waals surface area (Å²) >= 11 is 0. The molecular formula is C12H26N4. The van der Waals surface area contributed by atoms with Gasteiger partial charge in [-0.1, -0.05) is 13.8 Å². The molecule has 0 radical (unpaired) electrons. The Morgan fingerprint density at radius 3 is 2.88 bits per heavy atom. The summed E-state index contributed by atoms with van der Waals surface area (Å²) in [7, 11) is 2.16. The van der Waals surface area contributed by atoms with E-state index in [4.69, 9.17) is 5.73 Å². The molecule has 1 unspecified atom stereocenters. The molecule has 0 aromatic heterocycles. The number of nitrogens with zero attached hydrogens (tertiary/aromatic N) is 2. The Hall–Kier alpha value is -0.770. The third kappa shape index (κ3) is 5.35. The van der Waals surface area contributed by atoms with Crippen LogP contribution in [0.1, 0.15) is 26.7 Å². The van der Waals surface area contributed by atoms with Gasteiger partial charge in [0, 0.05) is 19.6 Å². The molecule has 0 aromatic rings. The van der Waals surface area contributed by atoms with Crippen LogP contribution >= 0.6 is 0 Å². The summed E-state index contributed by atoms with van der Waals surface area (Å²) in [5, 5.41) is 3.16. The number of guanidine groups is 1. The number of rotatable bonds is 5. The summed E-state index contributed by atoms with van der Waals surface area (Å²) in [5.41, 5.74) is 5.80. The average molecular weight is 226 g/mol. The molecule has 0 aliphatic carbocycles. The summed E-state index contributed by atoms with van der Waals surface area (Å²) in [4.78, 5) is 6.74. The van der Waals surface area contributed by atoms with Gasteiger partial charge in [0.1, 0.15) is 0 Å². The van der Waals surface area contributed by atoms with Gasteiger partial charge in [-0.05, 0) is 38.3 Å². The second kappa shape index (κ2) is 6.74. The van der Waals surface area contributed by atoms with Gasteiger partial charge in [-0.2, -0.15) is 0 Å². The molecule has 94 valence electrons. The number of hydrogen-bond donors (Lipinski definition) is 2. The fourth-order valence-corrected chi connectivity index (χ4v) is 1.95. The van der Waals surface area contributed by atoms with Crippen LogP contribution in [0.4, 0.5) is 0 Å². The predicted molar refractivity (Wildman–Crippen MR) is 69.6 cm³/mol. The lowest BCUT2D eigenvalue weighted by atomic mass is 10.1. The number of likely N-dealkylation sites (tertiary alicyclic amines) is 1. The van der Waals surface area contributed by atoms with Gasteiger partial charge in [-0.25, -0.2) is 0 Å². The Morgan fingerprint density at radius 1 is 1.56 bits per heavy atom. The van der Waals surface area contributed by atoms with Crippen LogP contribution in [-0.4, -0.2) is 44.1 Å². The van der Waals surface area contributed by atoms with Gasteiger partial charge in [-0.3, -0.25) is 4.99 Å². The Labute approximate surface area is 99.3 Å². The van der Waals surface area contributed by atoms with Crippen molar-refractivity contribution >= 4 is 5.96 Å². The van der Waals surface area contributed by atoms with Crippen molar-refractivity contribution < 1.29 is 0 Å². The van der Waals surface area contributed by atoms with Crippen LogP contribution in [0.3, 0.4) is 0 Å². The van der Waals surface area contributed by atoms with E-state index < -0.39 is 0 Å². The summed E-state index contributed by atoms with van der Waals surface area (Å²) in [6.45, 7) is 8.57. The van der Waals surface area contributed by atoms with E-state index in [0.29, 0.717) is 17.8 Å². The summed E-state index contributed by atoms with van der Waals surface area (Å²) < 4.78 is 0. The first-order valence-corrected chi connectivity index (χ1v) is 6.30. The third-order valence-electron chi connectivity index (χ3n) is 3.04. The topological polar surface area (TPSA) is 53.6 Å². The Bertz CT molecular complexity index is 225. The molecule has 4 heteroatoms. The van der Waals surface area contributed by atoms with Crippen LogP contribution in [0.5, 0.6) is 0 Å². The van der Waals surface area contributed by atoms with Gasteiger partial charge >= 0.3 is 0 Å². The molecule has 1 aliphatic heterocycles. The second-order valence-corrected chi connectivity index (χ2v) is 5.25. The van der Waals surface area contributed by atoms with Gasteiger partial charge in [0.2, 0.25) is 0 Å². The molecule has 1 rings (SSSR count). The lowest BCUT2D eigenvalue weighted by Crippen LogP contribution is -2.33. The Kier molecular flexibility index (Phi) is 5.60. The van der Waals surface area contributed by atoms with Crippen LogP contribution in [0, 0.1) is 11.8 Å². The third-order valence-corrected chi connectivity index (χ3v) is 3.04. The summed E-state index contributed by atoms with van der Waals surface area (Å²) in [5.74, 6) is 2.01. The second-order valence-electron chi connectivity index (χ2n) is 5.25. The number of hydrogen-bond acceptors (Lipinski definition) is 2. The van der Waals surface area contributed by atoms with Crippen LogP contribution in [0.2, 0.25) is 0 Å². The van der Waals surface area contributed by atoms with E-state index in [0.717, 1.165) is 26.1 Å². The minimum atomic E-state index is 0.607. The van der Waals surface area contributed by atoms with E-state index >= 15 is 0 Å². The van der Waals surface area contributed by atoms with Crippen molar-refractivity contribution in [3.63, 3.8) is 0 Å². The smallest absolute Gasteiger partial charge is 0.188 e. The summed E-state index contributed by atoms with van der Waals surface area (Å²) in [6.07, 6.45) is 2.39. The Balaban J connectivity index is 2.13. The van der Waals surface area contributed by atoms with Gasteiger partial charge < -0.3 is 16.0 Å². The van der Waals surface area contributed by atoms with Crippen molar-refractivity contribution in [3.8, 4) is 0 Å². The first kappa shape index (κ1) is 13.3. The fourth-order valence-electron chi connectivity index (χ4n) is 1.95. The zero-order valence-electron chi connectivity index (χ0n) is 10.9. The van der Waals surface area contributed by atoms with Gasteiger partial charge in [0.25, 0.3) is 0 Å². The molecule has 1 atom stereocenters. The van der Waals surface area contributed by atoms with Crippen molar-refractivity contribution in [2.75, 3.05) is 33.2 Å². The maximum atomic E-state index is 5.80. The van der Waals surface area contributed by atoms with Crippen molar-refractivity contribution in [3.05, 3.63) is 0 Å². The van der Waals surface area contributed by atoms with Crippen molar-refractivity contribution in [2.45, 2.75) is 26.7 Å². The molecular weight excluding hydrogens is 200 g/mol.